The lowest BCUT2D eigenvalue weighted by Crippen LogP contribution is -2.33. The molecule has 1 aromatic carbocycles. The van der Waals surface area contributed by atoms with Gasteiger partial charge in [0.1, 0.15) is 5.69 Å². The van der Waals surface area contributed by atoms with Gasteiger partial charge in [0, 0.05) is 50.2 Å². The summed E-state index contributed by atoms with van der Waals surface area (Å²) in [5, 5.41) is 0. The number of aromatic nitrogens is 3. The van der Waals surface area contributed by atoms with Crippen LogP contribution in [-0.4, -0.2) is 57.3 Å². The van der Waals surface area contributed by atoms with E-state index in [1.54, 1.807) is 18.6 Å². The fourth-order valence-electron chi connectivity index (χ4n) is 4.82. The van der Waals surface area contributed by atoms with E-state index in [1.165, 1.54) is 5.56 Å². The predicted molar refractivity (Wildman–Crippen MR) is 110 cm³/mol. The number of amides is 1. The highest BCUT2D eigenvalue weighted by atomic mass is 16.2. The van der Waals surface area contributed by atoms with Gasteiger partial charge in [-0.3, -0.25) is 14.7 Å². The normalized spacial score (nSPS) is 23.9. The second-order valence-corrected chi connectivity index (χ2v) is 7.94. The van der Waals surface area contributed by atoms with Gasteiger partial charge in [0.25, 0.3) is 5.91 Å². The van der Waals surface area contributed by atoms with Gasteiger partial charge in [-0.05, 0) is 30.7 Å². The van der Waals surface area contributed by atoms with Crippen molar-refractivity contribution < 1.29 is 4.79 Å². The van der Waals surface area contributed by atoms with Crippen LogP contribution in [0, 0.1) is 11.8 Å². The summed E-state index contributed by atoms with van der Waals surface area (Å²) in [6.45, 7) is 2.58. The number of fused-ring (bicyclic) bond motifs is 1. The van der Waals surface area contributed by atoms with Gasteiger partial charge in [0.15, 0.2) is 5.82 Å². The van der Waals surface area contributed by atoms with E-state index in [4.69, 9.17) is 0 Å². The van der Waals surface area contributed by atoms with Crippen LogP contribution in [0.15, 0.2) is 67.1 Å². The molecule has 2 aliphatic heterocycles. The minimum atomic E-state index is 0.0152. The molecule has 4 heterocycles. The molecule has 2 saturated heterocycles. The fourth-order valence-corrected chi connectivity index (χ4v) is 4.82. The van der Waals surface area contributed by atoms with Crippen LogP contribution in [-0.2, 0) is 0 Å². The van der Waals surface area contributed by atoms with Gasteiger partial charge in [0.05, 0.1) is 5.56 Å². The molecule has 0 radical (unpaired) electrons. The maximum absolute atomic E-state index is 13.1. The van der Waals surface area contributed by atoms with Crippen molar-refractivity contribution in [3.8, 4) is 11.5 Å². The number of carbonyl (C=O) groups excluding carboxylic acids is 1. The van der Waals surface area contributed by atoms with E-state index in [9.17, 15) is 4.79 Å². The van der Waals surface area contributed by atoms with E-state index in [0.29, 0.717) is 35.0 Å². The molecule has 2 aromatic heterocycles. The Bertz CT molecular complexity index is 993. The number of rotatable bonds is 3. The molecule has 0 saturated carbocycles. The second-order valence-electron chi connectivity index (χ2n) is 7.94. The van der Waals surface area contributed by atoms with Crippen LogP contribution in [0.25, 0.3) is 11.5 Å². The van der Waals surface area contributed by atoms with E-state index in [2.05, 4.69) is 57.2 Å². The maximum Gasteiger partial charge on any atom is 0.257 e. The number of pyridine rings is 1. The average molecular weight is 385 g/mol. The van der Waals surface area contributed by atoms with Crippen molar-refractivity contribution in [2.75, 3.05) is 26.7 Å². The zero-order chi connectivity index (χ0) is 19.8. The van der Waals surface area contributed by atoms with Gasteiger partial charge < -0.3 is 4.90 Å². The molecule has 3 atom stereocenters. The first-order chi connectivity index (χ1) is 14.2. The largest absolute Gasteiger partial charge is 0.338 e. The standard InChI is InChI=1S/C23H23N5O/c1-27-13-18-14-28(15-19(18)21(27)16-7-3-2-4-8-16)23(29)17-11-25-22(26-12-17)20-9-5-6-10-24-20/h2-12,18-19,21H,13-15H2,1H3/t18-,19+,21-/m0/s1. The Morgan fingerprint density at radius 3 is 2.41 bits per heavy atom. The van der Waals surface area contributed by atoms with Gasteiger partial charge in [-0.15, -0.1) is 0 Å². The molecule has 0 spiro atoms. The molecular weight excluding hydrogens is 362 g/mol. The summed E-state index contributed by atoms with van der Waals surface area (Å²) in [4.78, 5) is 30.4. The fraction of sp³-hybridized carbons (Fsp3) is 0.304. The quantitative estimate of drug-likeness (QED) is 0.694. The molecule has 2 fully saturated rings. The average Bonchev–Trinajstić information content (AvgIpc) is 3.31. The van der Waals surface area contributed by atoms with Gasteiger partial charge >= 0.3 is 0 Å². The summed E-state index contributed by atoms with van der Waals surface area (Å²) >= 11 is 0. The molecule has 6 heteroatoms. The minimum absolute atomic E-state index is 0.0152. The van der Waals surface area contributed by atoms with Crippen LogP contribution in [0.5, 0.6) is 0 Å². The van der Waals surface area contributed by atoms with E-state index in [-0.39, 0.29) is 5.91 Å². The number of carbonyl (C=O) groups is 1. The topological polar surface area (TPSA) is 62.2 Å². The molecule has 0 bridgehead atoms. The van der Waals surface area contributed by atoms with Crippen molar-refractivity contribution in [3.63, 3.8) is 0 Å². The minimum Gasteiger partial charge on any atom is -0.338 e. The molecule has 2 aliphatic rings. The van der Waals surface area contributed by atoms with Crippen molar-refractivity contribution in [1.82, 2.24) is 24.8 Å². The van der Waals surface area contributed by atoms with Crippen molar-refractivity contribution in [1.29, 1.82) is 0 Å². The molecule has 0 unspecified atom stereocenters. The van der Waals surface area contributed by atoms with Crippen LogP contribution in [0.3, 0.4) is 0 Å². The lowest BCUT2D eigenvalue weighted by Gasteiger charge is -2.26. The lowest BCUT2D eigenvalue weighted by atomic mass is 9.90. The Morgan fingerprint density at radius 1 is 0.931 bits per heavy atom. The van der Waals surface area contributed by atoms with Crippen LogP contribution in [0.4, 0.5) is 0 Å². The van der Waals surface area contributed by atoms with Gasteiger partial charge in [-0.25, -0.2) is 9.97 Å². The summed E-state index contributed by atoms with van der Waals surface area (Å²) in [7, 11) is 2.19. The van der Waals surface area contributed by atoms with Crippen LogP contribution < -0.4 is 0 Å². The molecule has 0 N–H and O–H groups in total. The Hall–Kier alpha value is -3.12. The molecule has 29 heavy (non-hydrogen) atoms. The lowest BCUT2D eigenvalue weighted by molar-refractivity contribution is 0.0767. The Labute approximate surface area is 170 Å². The summed E-state index contributed by atoms with van der Waals surface area (Å²) in [5.74, 6) is 1.51. The number of likely N-dealkylation sites (tertiary alicyclic amines) is 2. The van der Waals surface area contributed by atoms with Gasteiger partial charge in [-0.2, -0.15) is 0 Å². The van der Waals surface area contributed by atoms with E-state index in [1.807, 2.05) is 23.1 Å². The van der Waals surface area contributed by atoms with E-state index < -0.39 is 0 Å². The van der Waals surface area contributed by atoms with Gasteiger partial charge in [0.2, 0.25) is 0 Å². The third-order valence-corrected chi connectivity index (χ3v) is 6.12. The zero-order valence-corrected chi connectivity index (χ0v) is 16.3. The van der Waals surface area contributed by atoms with Crippen molar-refractivity contribution in [2.24, 2.45) is 11.8 Å². The van der Waals surface area contributed by atoms with Crippen LogP contribution >= 0.6 is 0 Å². The number of hydrogen-bond donors (Lipinski definition) is 0. The molecule has 0 aliphatic carbocycles. The SMILES string of the molecule is CN1C[C@H]2CN(C(=O)c3cnc(-c4ccccn4)nc3)C[C@H]2[C@@H]1c1ccccc1. The molecule has 6 nitrogen and oxygen atoms in total. The van der Waals surface area contributed by atoms with Gasteiger partial charge in [-0.1, -0.05) is 36.4 Å². The molecule has 5 rings (SSSR count). The van der Waals surface area contributed by atoms with Crippen LogP contribution in [0.2, 0.25) is 0 Å². The highest BCUT2D eigenvalue weighted by molar-refractivity contribution is 5.94. The number of benzene rings is 1. The van der Waals surface area contributed by atoms with Crippen molar-refractivity contribution >= 4 is 5.91 Å². The third kappa shape index (κ3) is 3.29. The second kappa shape index (κ2) is 7.37. The van der Waals surface area contributed by atoms with Crippen molar-refractivity contribution in [2.45, 2.75) is 6.04 Å². The Morgan fingerprint density at radius 2 is 1.69 bits per heavy atom. The zero-order valence-electron chi connectivity index (χ0n) is 16.3. The summed E-state index contributed by atoms with van der Waals surface area (Å²) in [6, 6.07) is 16.6. The summed E-state index contributed by atoms with van der Waals surface area (Å²) in [5.41, 5.74) is 2.57. The number of nitrogens with zero attached hydrogens (tertiary/aromatic N) is 5. The van der Waals surface area contributed by atoms with E-state index >= 15 is 0 Å². The smallest absolute Gasteiger partial charge is 0.257 e. The molecular formula is C23H23N5O. The third-order valence-electron chi connectivity index (χ3n) is 6.12. The van der Waals surface area contributed by atoms with Crippen molar-refractivity contribution in [3.05, 3.63) is 78.2 Å². The van der Waals surface area contributed by atoms with E-state index in [0.717, 1.165) is 19.6 Å². The summed E-state index contributed by atoms with van der Waals surface area (Å²) in [6.07, 6.45) is 4.95. The first kappa shape index (κ1) is 17.9. The first-order valence-electron chi connectivity index (χ1n) is 9.98. The Balaban J connectivity index is 1.32. The van der Waals surface area contributed by atoms with Crippen LogP contribution in [0.1, 0.15) is 22.0 Å². The molecule has 3 aromatic rings. The number of hydrogen-bond acceptors (Lipinski definition) is 5. The first-order valence-corrected chi connectivity index (χ1v) is 9.98. The predicted octanol–water partition coefficient (Wildman–Crippen LogP) is 2.91. The highest BCUT2D eigenvalue weighted by Gasteiger charge is 2.47. The molecule has 146 valence electrons. The Kier molecular flexibility index (Phi) is 4.56. The summed E-state index contributed by atoms with van der Waals surface area (Å²) < 4.78 is 0. The monoisotopic (exact) mass is 385 g/mol. The molecule has 1 amide bonds. The maximum atomic E-state index is 13.1. The highest BCUT2D eigenvalue weighted by Crippen LogP contribution is 2.44.